The van der Waals surface area contributed by atoms with Crippen molar-refractivity contribution in [1.29, 1.82) is 0 Å². The number of ketones is 1. The Labute approximate surface area is 173 Å². The van der Waals surface area contributed by atoms with Gasteiger partial charge in [-0.25, -0.2) is 9.79 Å². The molecule has 1 aromatic carbocycles. The minimum atomic E-state index is -1.20. The highest BCUT2D eigenvalue weighted by atomic mass is 32.1. The molecule has 0 bridgehead atoms. The van der Waals surface area contributed by atoms with E-state index in [9.17, 15) is 19.2 Å². The molecule has 3 aliphatic heterocycles. The number of H-pyrrole nitrogens is 2. The molecule has 3 aliphatic rings. The molecule has 10 nitrogen and oxygen atoms in total. The van der Waals surface area contributed by atoms with E-state index in [1.165, 1.54) is 0 Å². The number of benzene rings is 1. The predicted octanol–water partition coefficient (Wildman–Crippen LogP) is -0.258. The molecule has 30 heavy (non-hydrogen) atoms. The first-order valence-electron chi connectivity index (χ1n) is 9.02. The highest BCUT2D eigenvalue weighted by molar-refractivity contribution is 7.80. The van der Waals surface area contributed by atoms with Crippen LogP contribution in [-0.2, 0) is 9.59 Å². The van der Waals surface area contributed by atoms with E-state index in [1.807, 2.05) is 19.1 Å². The van der Waals surface area contributed by atoms with E-state index in [0.29, 0.717) is 5.56 Å². The van der Waals surface area contributed by atoms with Crippen LogP contribution in [0.15, 0.2) is 50.2 Å². The Morgan fingerprint density at radius 1 is 0.933 bits per heavy atom. The number of fused-ring (bicyclic) bond motifs is 2. The molecule has 1 aromatic heterocycles. The van der Waals surface area contributed by atoms with Crippen molar-refractivity contribution in [2.45, 2.75) is 12.8 Å². The van der Waals surface area contributed by atoms with E-state index in [0.717, 1.165) is 5.56 Å². The Hall–Kier alpha value is -3.86. The number of nitrogens with one attached hydrogen (secondary N) is 5. The van der Waals surface area contributed by atoms with Crippen molar-refractivity contribution in [3.8, 4) is 0 Å². The molecule has 2 aromatic rings. The summed E-state index contributed by atoms with van der Waals surface area (Å²) in [7, 11) is 0. The monoisotopic (exact) mass is 422 g/mol. The number of anilines is 1. The van der Waals surface area contributed by atoms with Crippen molar-refractivity contribution in [3.63, 3.8) is 0 Å². The van der Waals surface area contributed by atoms with Crippen LogP contribution in [0.25, 0.3) is 0 Å². The minimum Gasteiger partial charge on any atom is -0.328 e. The first kappa shape index (κ1) is 18.2. The van der Waals surface area contributed by atoms with Crippen LogP contribution in [0.5, 0.6) is 0 Å². The third-order valence-corrected chi connectivity index (χ3v) is 5.45. The van der Waals surface area contributed by atoms with Gasteiger partial charge in [-0.15, -0.1) is 0 Å². The second kappa shape index (κ2) is 6.32. The Kier molecular flexibility index (Phi) is 3.83. The van der Waals surface area contributed by atoms with Crippen molar-refractivity contribution in [2.24, 2.45) is 10.9 Å². The largest absolute Gasteiger partial charge is 0.328 e. The fraction of sp³-hybridized carbons (Fsp3) is 0.158. The van der Waals surface area contributed by atoms with Gasteiger partial charge in [-0.1, -0.05) is 29.8 Å². The third kappa shape index (κ3) is 2.63. The highest BCUT2D eigenvalue weighted by Crippen LogP contribution is 2.41. The lowest BCUT2D eigenvalue weighted by atomic mass is 9.76. The number of amidine groups is 1. The minimum absolute atomic E-state index is 0.0493. The Bertz CT molecular complexity index is 1330. The normalized spacial score (nSPS) is 22.2. The van der Waals surface area contributed by atoms with E-state index in [1.54, 1.807) is 12.1 Å². The summed E-state index contributed by atoms with van der Waals surface area (Å²) in [6, 6.07) is 7.32. The lowest BCUT2D eigenvalue weighted by Gasteiger charge is -2.37. The van der Waals surface area contributed by atoms with Crippen LogP contribution in [0, 0.1) is 12.8 Å². The first-order valence-corrected chi connectivity index (χ1v) is 9.43. The molecule has 11 heteroatoms. The molecule has 0 radical (unpaired) electrons. The molecule has 0 fully saturated rings. The van der Waals surface area contributed by atoms with Crippen LogP contribution in [-0.4, -0.2) is 32.6 Å². The quantitative estimate of drug-likeness (QED) is 0.314. The van der Waals surface area contributed by atoms with Crippen LogP contribution >= 0.6 is 12.2 Å². The van der Waals surface area contributed by atoms with Gasteiger partial charge in [-0.3, -0.25) is 24.4 Å². The van der Waals surface area contributed by atoms with Gasteiger partial charge in [0.05, 0.1) is 11.5 Å². The van der Waals surface area contributed by atoms with E-state index in [-0.39, 0.29) is 33.7 Å². The second-order valence-corrected chi connectivity index (χ2v) is 7.55. The van der Waals surface area contributed by atoms with Crippen molar-refractivity contribution >= 4 is 40.7 Å². The SMILES string of the molecule is Cc1ccc(C2C3=C(NC4=NC(=S)NC(=O)C4C3=O)Nc3[nH]c(=O)[nH]c(=O)c32)cc1. The van der Waals surface area contributed by atoms with Gasteiger partial charge in [0.15, 0.2) is 11.7 Å². The number of carbonyl (C=O) groups is 2. The molecule has 150 valence electrons. The molecular weight excluding hydrogens is 408 g/mol. The summed E-state index contributed by atoms with van der Waals surface area (Å²) in [6.45, 7) is 1.92. The number of allylic oxidation sites excluding steroid dienone is 1. The molecule has 5 rings (SSSR count). The van der Waals surface area contributed by atoms with Crippen LogP contribution in [0.2, 0.25) is 0 Å². The summed E-state index contributed by atoms with van der Waals surface area (Å²) in [6.07, 6.45) is 0. The number of carbonyl (C=O) groups excluding carboxylic acids is 2. The number of rotatable bonds is 1. The molecule has 4 heterocycles. The van der Waals surface area contributed by atoms with E-state index >= 15 is 0 Å². The fourth-order valence-corrected chi connectivity index (χ4v) is 4.14. The molecule has 0 spiro atoms. The fourth-order valence-electron chi connectivity index (χ4n) is 3.94. The number of hydrogen-bond acceptors (Lipinski definition) is 7. The molecule has 0 saturated heterocycles. The van der Waals surface area contributed by atoms with Crippen LogP contribution in [0.1, 0.15) is 22.6 Å². The molecular formula is C19H14N6O4S. The zero-order valence-electron chi connectivity index (χ0n) is 15.5. The highest BCUT2D eigenvalue weighted by Gasteiger charge is 2.47. The summed E-state index contributed by atoms with van der Waals surface area (Å²) in [5.41, 5.74) is 0.736. The number of aromatic amines is 2. The van der Waals surface area contributed by atoms with Crippen molar-refractivity contribution < 1.29 is 9.59 Å². The lowest BCUT2D eigenvalue weighted by Crippen LogP contribution is -2.56. The molecule has 5 N–H and O–H groups in total. The lowest BCUT2D eigenvalue weighted by molar-refractivity contribution is -0.129. The number of aryl methyl sites for hydroxylation is 1. The number of amides is 1. The van der Waals surface area contributed by atoms with Crippen LogP contribution in [0.3, 0.4) is 0 Å². The maximum Gasteiger partial charge on any atom is 0.327 e. The maximum atomic E-state index is 13.4. The average Bonchev–Trinajstić information content (AvgIpc) is 2.66. The second-order valence-electron chi connectivity index (χ2n) is 7.17. The summed E-state index contributed by atoms with van der Waals surface area (Å²) in [4.78, 5) is 59.3. The molecule has 0 aliphatic carbocycles. The standard InChI is InChI=1S/C19H14N6O4S/c1-6-2-4-7(5-3-6)8-9-12(26)11-15(23-19(30)25-17(11)28)21-13(9)20-14-10(8)16(27)24-18(29)22-14/h2-5,8,11H,1H3,(H3,20,22,24,27,29)(H2,21,23,25,28,30). The Balaban J connectivity index is 1.77. The summed E-state index contributed by atoms with van der Waals surface area (Å²) in [5.74, 6) is -2.59. The van der Waals surface area contributed by atoms with Crippen molar-refractivity contribution in [2.75, 3.05) is 5.32 Å². The van der Waals surface area contributed by atoms with Gasteiger partial charge in [-0.2, -0.15) is 0 Å². The van der Waals surface area contributed by atoms with Gasteiger partial charge in [0.25, 0.3) is 5.56 Å². The molecule has 2 atom stereocenters. The average molecular weight is 422 g/mol. The van der Waals surface area contributed by atoms with Gasteiger partial charge < -0.3 is 16.0 Å². The predicted molar refractivity (Wildman–Crippen MR) is 111 cm³/mol. The zero-order valence-corrected chi connectivity index (χ0v) is 16.3. The van der Waals surface area contributed by atoms with Crippen molar-refractivity contribution in [3.05, 3.63) is 73.2 Å². The van der Waals surface area contributed by atoms with E-state index in [2.05, 4.69) is 30.9 Å². The zero-order chi connectivity index (χ0) is 21.2. The number of thiocarbonyl (C=S) groups is 1. The summed E-state index contributed by atoms with van der Waals surface area (Å²) < 4.78 is 0. The Morgan fingerprint density at radius 2 is 1.67 bits per heavy atom. The topological polar surface area (TPSA) is 148 Å². The smallest absolute Gasteiger partial charge is 0.327 e. The first-order chi connectivity index (χ1) is 14.3. The van der Waals surface area contributed by atoms with Crippen LogP contribution in [0.4, 0.5) is 5.82 Å². The summed E-state index contributed by atoms with van der Waals surface area (Å²) >= 11 is 4.95. The van der Waals surface area contributed by atoms with Gasteiger partial charge in [-0.05, 0) is 24.7 Å². The van der Waals surface area contributed by atoms with Crippen LogP contribution < -0.4 is 27.2 Å². The maximum absolute atomic E-state index is 13.4. The number of Topliss-reactive ketones (excluding diaryl/α,β-unsaturated/α-hetero) is 1. The number of aliphatic imine (C=N–C) groups is 1. The van der Waals surface area contributed by atoms with Gasteiger partial charge >= 0.3 is 5.69 Å². The van der Waals surface area contributed by atoms with Crippen molar-refractivity contribution in [1.82, 2.24) is 20.6 Å². The molecule has 0 saturated carbocycles. The number of hydrogen-bond donors (Lipinski definition) is 5. The van der Waals surface area contributed by atoms with Gasteiger partial charge in [0, 0.05) is 5.57 Å². The number of nitrogens with zero attached hydrogens (tertiary/aromatic N) is 1. The molecule has 1 amide bonds. The van der Waals surface area contributed by atoms with E-state index in [4.69, 9.17) is 12.2 Å². The van der Waals surface area contributed by atoms with E-state index < -0.39 is 34.8 Å². The third-order valence-electron chi connectivity index (χ3n) is 5.26. The van der Waals surface area contributed by atoms with Gasteiger partial charge in [0.2, 0.25) is 11.0 Å². The number of aromatic nitrogens is 2. The summed E-state index contributed by atoms with van der Waals surface area (Å²) in [5, 5.41) is 8.20. The Morgan fingerprint density at radius 3 is 2.40 bits per heavy atom. The molecule has 2 unspecified atom stereocenters. The van der Waals surface area contributed by atoms with Gasteiger partial charge in [0.1, 0.15) is 17.5 Å².